The number of hydrogen-bond acceptors (Lipinski definition) is 7. The molecular formula is C27H33N3O4. The van der Waals surface area contributed by atoms with E-state index < -0.39 is 5.60 Å². The molecule has 0 unspecified atom stereocenters. The van der Waals surface area contributed by atoms with E-state index in [2.05, 4.69) is 33.0 Å². The van der Waals surface area contributed by atoms with Crippen LogP contribution < -0.4 is 4.74 Å². The molecule has 0 radical (unpaired) electrons. The molecule has 3 aromatic rings. The number of aromatic nitrogens is 1. The number of pyridine rings is 1. The third kappa shape index (κ3) is 5.33. The van der Waals surface area contributed by atoms with Crippen molar-refractivity contribution < 1.29 is 19.0 Å². The van der Waals surface area contributed by atoms with Gasteiger partial charge in [-0.3, -0.25) is 14.8 Å². The van der Waals surface area contributed by atoms with Gasteiger partial charge in [-0.2, -0.15) is 0 Å². The number of rotatable bonds is 7. The zero-order chi connectivity index (χ0) is 23.4. The molecule has 0 bridgehead atoms. The Labute approximate surface area is 200 Å². The van der Waals surface area contributed by atoms with Gasteiger partial charge in [-0.15, -0.1) is 0 Å². The lowest BCUT2D eigenvalue weighted by atomic mass is 9.85. The monoisotopic (exact) mass is 463 g/mol. The molecule has 0 saturated carbocycles. The fourth-order valence-corrected chi connectivity index (χ4v) is 4.95. The maximum Gasteiger partial charge on any atom is 0.129 e. The Bertz CT molecular complexity index is 1080. The number of nitrogens with zero attached hydrogens (tertiary/aromatic N) is 3. The van der Waals surface area contributed by atoms with Crippen molar-refractivity contribution in [2.24, 2.45) is 0 Å². The van der Waals surface area contributed by atoms with E-state index in [4.69, 9.17) is 13.9 Å². The number of furan rings is 1. The molecule has 0 atom stereocenters. The Hall–Kier alpha value is -2.71. The third-order valence-corrected chi connectivity index (χ3v) is 6.86. The molecule has 5 rings (SSSR count). The van der Waals surface area contributed by atoms with Gasteiger partial charge in [0, 0.05) is 63.4 Å². The maximum atomic E-state index is 11.1. The van der Waals surface area contributed by atoms with Gasteiger partial charge in [-0.25, -0.2) is 0 Å². The van der Waals surface area contributed by atoms with E-state index in [0.29, 0.717) is 26.1 Å². The van der Waals surface area contributed by atoms with E-state index in [9.17, 15) is 5.11 Å². The maximum absolute atomic E-state index is 11.1. The average molecular weight is 464 g/mol. The highest BCUT2D eigenvalue weighted by Crippen LogP contribution is 2.33. The van der Waals surface area contributed by atoms with Crippen molar-refractivity contribution in [2.75, 3.05) is 33.4 Å². The molecule has 1 fully saturated rings. The minimum absolute atomic E-state index is 0.492. The summed E-state index contributed by atoms with van der Waals surface area (Å²) in [5.41, 5.74) is 2.63. The van der Waals surface area contributed by atoms with Crippen molar-refractivity contribution in [1.29, 1.82) is 0 Å². The highest BCUT2D eigenvalue weighted by molar-refractivity contribution is 5.38. The summed E-state index contributed by atoms with van der Waals surface area (Å²) >= 11 is 0. The van der Waals surface area contributed by atoms with Crippen molar-refractivity contribution in [3.8, 4) is 5.75 Å². The first-order valence-electron chi connectivity index (χ1n) is 12.0. The highest BCUT2D eigenvalue weighted by Gasteiger charge is 2.34. The molecule has 1 N–H and O–H groups in total. The summed E-state index contributed by atoms with van der Waals surface area (Å²) in [4.78, 5) is 8.96. The topological polar surface area (TPSA) is 71.2 Å². The molecule has 180 valence electrons. The van der Waals surface area contributed by atoms with Crippen molar-refractivity contribution >= 4 is 0 Å². The molecule has 2 aliphatic heterocycles. The van der Waals surface area contributed by atoms with E-state index in [1.54, 1.807) is 19.5 Å². The minimum atomic E-state index is -0.776. The van der Waals surface area contributed by atoms with Gasteiger partial charge in [0.25, 0.3) is 0 Å². The Balaban J connectivity index is 1.21. The van der Waals surface area contributed by atoms with Crippen LogP contribution in [0.25, 0.3) is 0 Å². The SMILES string of the molecule is COCc1ccc(CN2CCOc3ccc(CN4CCC(O)(c5cccnc5)CC4)cc3C2)o1. The third-order valence-electron chi connectivity index (χ3n) is 6.86. The predicted octanol–water partition coefficient (Wildman–Crippen LogP) is 3.70. The van der Waals surface area contributed by atoms with Gasteiger partial charge in [0.2, 0.25) is 0 Å². The number of likely N-dealkylation sites (tertiary alicyclic amines) is 1. The Kier molecular flexibility index (Phi) is 6.97. The Morgan fingerprint density at radius 1 is 1.03 bits per heavy atom. The van der Waals surface area contributed by atoms with Gasteiger partial charge >= 0.3 is 0 Å². The zero-order valence-electron chi connectivity index (χ0n) is 19.8. The molecule has 7 nitrogen and oxygen atoms in total. The van der Waals surface area contributed by atoms with E-state index in [1.165, 1.54) is 11.1 Å². The fraction of sp³-hybridized carbons (Fsp3) is 0.444. The van der Waals surface area contributed by atoms with Gasteiger partial charge in [0.05, 0.1) is 12.1 Å². The minimum Gasteiger partial charge on any atom is -0.492 e. The Morgan fingerprint density at radius 2 is 1.88 bits per heavy atom. The lowest BCUT2D eigenvalue weighted by Crippen LogP contribution is -2.42. The molecule has 0 aliphatic carbocycles. The van der Waals surface area contributed by atoms with E-state index in [0.717, 1.165) is 62.1 Å². The summed E-state index contributed by atoms with van der Waals surface area (Å²) in [6.45, 7) is 6.15. The first-order valence-corrected chi connectivity index (χ1v) is 12.0. The van der Waals surface area contributed by atoms with Gasteiger partial charge in [-0.05, 0) is 48.7 Å². The quantitative estimate of drug-likeness (QED) is 0.573. The van der Waals surface area contributed by atoms with Crippen molar-refractivity contribution in [1.82, 2.24) is 14.8 Å². The number of aliphatic hydroxyl groups is 1. The molecule has 0 spiro atoms. The summed E-state index contributed by atoms with van der Waals surface area (Å²) in [7, 11) is 1.67. The number of hydrogen-bond donors (Lipinski definition) is 1. The van der Waals surface area contributed by atoms with Crippen LogP contribution in [0.5, 0.6) is 5.75 Å². The standard InChI is InChI=1S/C27H33N3O4/c1-32-20-25-6-5-24(34-25)19-30-13-14-33-26-7-4-21(15-22(26)18-30)17-29-11-8-27(31,9-12-29)23-3-2-10-28-16-23/h2-7,10,15-16,31H,8-9,11-14,17-20H2,1H3. The van der Waals surface area contributed by atoms with E-state index in [1.807, 2.05) is 24.3 Å². The lowest BCUT2D eigenvalue weighted by Gasteiger charge is -2.38. The number of benzene rings is 1. The van der Waals surface area contributed by atoms with Gasteiger partial charge in [0.1, 0.15) is 30.5 Å². The summed E-state index contributed by atoms with van der Waals surface area (Å²) in [5.74, 6) is 2.76. The number of fused-ring (bicyclic) bond motifs is 1. The van der Waals surface area contributed by atoms with Crippen LogP contribution in [0, 0.1) is 0 Å². The van der Waals surface area contributed by atoms with Gasteiger partial charge in [-0.1, -0.05) is 12.1 Å². The molecule has 1 saturated heterocycles. The fourth-order valence-electron chi connectivity index (χ4n) is 4.95. The van der Waals surface area contributed by atoms with Crippen LogP contribution in [0.15, 0.2) is 59.3 Å². The van der Waals surface area contributed by atoms with Crippen molar-refractivity contribution in [2.45, 2.75) is 44.7 Å². The lowest BCUT2D eigenvalue weighted by molar-refractivity contribution is -0.0279. The average Bonchev–Trinajstić information content (AvgIpc) is 3.19. The largest absolute Gasteiger partial charge is 0.492 e. The summed E-state index contributed by atoms with van der Waals surface area (Å²) in [5, 5.41) is 11.1. The number of methoxy groups -OCH3 is 1. The second-order valence-electron chi connectivity index (χ2n) is 9.35. The van der Waals surface area contributed by atoms with Crippen molar-refractivity contribution in [3.05, 3.63) is 83.1 Å². The second kappa shape index (κ2) is 10.3. The molecule has 34 heavy (non-hydrogen) atoms. The summed E-state index contributed by atoms with van der Waals surface area (Å²) < 4.78 is 17.1. The molecule has 2 aromatic heterocycles. The summed E-state index contributed by atoms with van der Waals surface area (Å²) in [6.07, 6.45) is 4.97. The van der Waals surface area contributed by atoms with Gasteiger partial charge < -0.3 is 19.0 Å². The van der Waals surface area contributed by atoms with Crippen LogP contribution >= 0.6 is 0 Å². The van der Waals surface area contributed by atoms with Crippen LogP contribution in [-0.2, 0) is 36.6 Å². The zero-order valence-corrected chi connectivity index (χ0v) is 19.8. The Morgan fingerprint density at radius 3 is 2.68 bits per heavy atom. The van der Waals surface area contributed by atoms with Crippen LogP contribution in [0.2, 0.25) is 0 Å². The van der Waals surface area contributed by atoms with Crippen LogP contribution in [-0.4, -0.2) is 53.2 Å². The second-order valence-corrected chi connectivity index (χ2v) is 9.35. The smallest absolute Gasteiger partial charge is 0.129 e. The first-order chi connectivity index (χ1) is 16.6. The van der Waals surface area contributed by atoms with Crippen LogP contribution in [0.1, 0.15) is 41.1 Å². The molecule has 0 amide bonds. The van der Waals surface area contributed by atoms with Crippen molar-refractivity contribution in [3.63, 3.8) is 0 Å². The van der Waals surface area contributed by atoms with E-state index in [-0.39, 0.29) is 0 Å². The molecule has 7 heteroatoms. The first kappa shape index (κ1) is 23.1. The predicted molar refractivity (Wildman–Crippen MR) is 128 cm³/mol. The summed E-state index contributed by atoms with van der Waals surface area (Å²) in [6, 6.07) is 14.4. The van der Waals surface area contributed by atoms with E-state index >= 15 is 0 Å². The molecule has 1 aromatic carbocycles. The molecule has 4 heterocycles. The van der Waals surface area contributed by atoms with Gasteiger partial charge in [0.15, 0.2) is 0 Å². The van der Waals surface area contributed by atoms with Crippen LogP contribution in [0.3, 0.4) is 0 Å². The number of ether oxygens (including phenoxy) is 2. The number of piperidine rings is 1. The van der Waals surface area contributed by atoms with Crippen LogP contribution in [0.4, 0.5) is 0 Å². The molecule has 2 aliphatic rings. The highest BCUT2D eigenvalue weighted by atomic mass is 16.5. The molecular weight excluding hydrogens is 430 g/mol. The normalized spacial score (nSPS) is 18.8.